The number of piperazine rings is 1. The molecule has 0 unspecified atom stereocenters. The number of amides is 1. The highest BCUT2D eigenvalue weighted by atomic mass is 32.2. The van der Waals surface area contributed by atoms with E-state index in [4.69, 9.17) is 0 Å². The van der Waals surface area contributed by atoms with Gasteiger partial charge in [0.25, 0.3) is 5.91 Å². The lowest BCUT2D eigenvalue weighted by Gasteiger charge is -2.34. The van der Waals surface area contributed by atoms with Crippen LogP contribution in [0.5, 0.6) is 0 Å². The molecule has 0 bridgehead atoms. The Bertz CT molecular complexity index is 864. The fraction of sp³-hybridized carbons (Fsp3) is 0.421. The minimum atomic E-state index is -3.51. The molecule has 0 N–H and O–H groups in total. The third-order valence-electron chi connectivity index (χ3n) is 4.68. The van der Waals surface area contributed by atoms with Crippen LogP contribution in [0, 0.1) is 6.92 Å². The van der Waals surface area contributed by atoms with Crippen molar-refractivity contribution >= 4 is 27.3 Å². The van der Waals surface area contributed by atoms with Gasteiger partial charge in [0.1, 0.15) is 0 Å². The first kappa shape index (κ1) is 19.1. The zero-order chi connectivity index (χ0) is 18.7. The van der Waals surface area contributed by atoms with Crippen molar-refractivity contribution in [3.05, 3.63) is 51.7 Å². The first-order valence-electron chi connectivity index (χ1n) is 8.86. The molecule has 0 atom stereocenters. The van der Waals surface area contributed by atoms with Gasteiger partial charge in [0, 0.05) is 26.2 Å². The van der Waals surface area contributed by atoms with Crippen molar-refractivity contribution in [3.8, 4) is 0 Å². The Morgan fingerprint density at radius 1 is 1.08 bits per heavy atom. The molecule has 0 radical (unpaired) electrons. The zero-order valence-corrected chi connectivity index (χ0v) is 16.8. The zero-order valence-electron chi connectivity index (χ0n) is 15.1. The Hall–Kier alpha value is -1.70. The van der Waals surface area contributed by atoms with Crippen LogP contribution in [0.3, 0.4) is 0 Å². The predicted octanol–water partition coefficient (Wildman–Crippen LogP) is 3.16. The topological polar surface area (TPSA) is 57.7 Å². The molecule has 1 fully saturated rings. The normalized spacial score (nSPS) is 16.0. The molecule has 1 saturated heterocycles. The number of thiophene rings is 1. The molecule has 7 heteroatoms. The summed E-state index contributed by atoms with van der Waals surface area (Å²) in [6.45, 7) is 5.52. The van der Waals surface area contributed by atoms with Crippen molar-refractivity contribution in [2.24, 2.45) is 0 Å². The van der Waals surface area contributed by atoms with Crippen molar-refractivity contribution < 1.29 is 13.2 Å². The Morgan fingerprint density at radius 2 is 1.73 bits per heavy atom. The summed E-state index contributed by atoms with van der Waals surface area (Å²) in [5, 5.41) is 1.91. The number of benzene rings is 1. The van der Waals surface area contributed by atoms with E-state index in [2.05, 4.69) is 6.92 Å². The number of sulfonamides is 1. The van der Waals surface area contributed by atoms with Gasteiger partial charge in [0.15, 0.2) is 0 Å². The molecule has 140 valence electrons. The summed E-state index contributed by atoms with van der Waals surface area (Å²) in [5.74, 6) is -0.00142. The van der Waals surface area contributed by atoms with Gasteiger partial charge in [-0.25, -0.2) is 8.42 Å². The van der Waals surface area contributed by atoms with E-state index < -0.39 is 10.0 Å². The van der Waals surface area contributed by atoms with Crippen molar-refractivity contribution in [2.75, 3.05) is 26.2 Å². The molecule has 2 heterocycles. The summed E-state index contributed by atoms with van der Waals surface area (Å²) in [4.78, 5) is 15.4. The molecule has 26 heavy (non-hydrogen) atoms. The van der Waals surface area contributed by atoms with Crippen LogP contribution >= 0.6 is 11.3 Å². The summed E-state index contributed by atoms with van der Waals surface area (Å²) >= 11 is 1.44. The summed E-state index contributed by atoms with van der Waals surface area (Å²) in [5.41, 5.74) is 2.12. The van der Waals surface area contributed by atoms with Gasteiger partial charge in [-0.2, -0.15) is 4.31 Å². The fourth-order valence-electron chi connectivity index (χ4n) is 3.13. The average Bonchev–Trinajstić information content (AvgIpc) is 3.08. The Kier molecular flexibility index (Phi) is 5.79. The van der Waals surface area contributed by atoms with E-state index in [-0.39, 0.29) is 5.91 Å². The first-order valence-corrected chi connectivity index (χ1v) is 11.2. The minimum absolute atomic E-state index is 0.00142. The molecule has 0 aliphatic carbocycles. The molecule has 1 amide bonds. The van der Waals surface area contributed by atoms with E-state index in [0.29, 0.717) is 31.1 Å². The molecule has 5 nitrogen and oxygen atoms in total. The van der Waals surface area contributed by atoms with E-state index in [1.165, 1.54) is 15.6 Å². The number of hydrogen-bond acceptors (Lipinski definition) is 4. The quantitative estimate of drug-likeness (QED) is 0.785. The Balaban J connectivity index is 1.67. The minimum Gasteiger partial charge on any atom is -0.335 e. The van der Waals surface area contributed by atoms with Crippen molar-refractivity contribution in [2.45, 2.75) is 31.6 Å². The van der Waals surface area contributed by atoms with E-state index in [0.717, 1.165) is 28.8 Å². The van der Waals surface area contributed by atoms with Gasteiger partial charge in [-0.15, -0.1) is 11.3 Å². The predicted molar refractivity (Wildman–Crippen MR) is 104 cm³/mol. The second-order valence-electron chi connectivity index (χ2n) is 6.52. The molecule has 0 saturated carbocycles. The van der Waals surface area contributed by atoms with Crippen LogP contribution in [-0.2, 0) is 16.4 Å². The summed E-state index contributed by atoms with van der Waals surface area (Å²) < 4.78 is 27.2. The smallest absolute Gasteiger partial charge is 0.264 e. The third kappa shape index (κ3) is 3.84. The maximum atomic E-state index is 12.8. The highest BCUT2D eigenvalue weighted by Crippen LogP contribution is 2.22. The molecular weight excluding hydrogens is 368 g/mol. The van der Waals surface area contributed by atoms with Gasteiger partial charge in [0.2, 0.25) is 10.0 Å². The number of aryl methyl sites for hydroxylation is 2. The number of nitrogens with zero attached hydrogens (tertiary/aromatic N) is 2. The SMILES string of the molecule is CCCc1ccc(S(=O)(=O)N2CCN(C(=O)c3sccc3C)CC2)cc1. The fourth-order valence-corrected chi connectivity index (χ4v) is 5.45. The Labute approximate surface area is 159 Å². The van der Waals surface area contributed by atoms with Crippen LogP contribution in [0.25, 0.3) is 0 Å². The maximum Gasteiger partial charge on any atom is 0.264 e. The van der Waals surface area contributed by atoms with Crippen LogP contribution < -0.4 is 0 Å². The number of carbonyl (C=O) groups is 1. The molecule has 1 aromatic heterocycles. The highest BCUT2D eigenvalue weighted by molar-refractivity contribution is 7.89. The van der Waals surface area contributed by atoms with Gasteiger partial charge in [-0.1, -0.05) is 25.5 Å². The Morgan fingerprint density at radius 3 is 2.27 bits per heavy atom. The van der Waals surface area contributed by atoms with Gasteiger partial charge >= 0.3 is 0 Å². The second-order valence-corrected chi connectivity index (χ2v) is 9.38. The average molecular weight is 393 g/mol. The monoisotopic (exact) mass is 392 g/mol. The second kappa shape index (κ2) is 7.90. The van der Waals surface area contributed by atoms with Crippen molar-refractivity contribution in [1.82, 2.24) is 9.21 Å². The van der Waals surface area contributed by atoms with Crippen LogP contribution in [0.1, 0.15) is 34.1 Å². The number of rotatable bonds is 5. The molecule has 2 aromatic rings. The molecule has 3 rings (SSSR count). The van der Waals surface area contributed by atoms with Crippen LogP contribution in [0.4, 0.5) is 0 Å². The van der Waals surface area contributed by atoms with Crippen LogP contribution in [0.2, 0.25) is 0 Å². The number of hydrogen-bond donors (Lipinski definition) is 0. The lowest BCUT2D eigenvalue weighted by Crippen LogP contribution is -2.50. The van der Waals surface area contributed by atoms with Crippen LogP contribution in [-0.4, -0.2) is 49.7 Å². The van der Waals surface area contributed by atoms with Gasteiger partial charge in [0.05, 0.1) is 9.77 Å². The summed E-state index contributed by atoms with van der Waals surface area (Å²) in [6, 6.07) is 9.08. The van der Waals surface area contributed by atoms with Crippen molar-refractivity contribution in [3.63, 3.8) is 0 Å². The van der Waals surface area contributed by atoms with Crippen LogP contribution in [0.15, 0.2) is 40.6 Å². The molecule has 1 aliphatic heterocycles. The number of carbonyl (C=O) groups excluding carboxylic acids is 1. The summed E-state index contributed by atoms with van der Waals surface area (Å²) in [7, 11) is -3.51. The lowest BCUT2D eigenvalue weighted by atomic mass is 10.1. The molecule has 1 aliphatic rings. The van der Waals surface area contributed by atoms with E-state index in [9.17, 15) is 13.2 Å². The third-order valence-corrected chi connectivity index (χ3v) is 7.60. The van der Waals surface area contributed by atoms with Gasteiger partial charge in [-0.3, -0.25) is 4.79 Å². The van der Waals surface area contributed by atoms with Crippen molar-refractivity contribution in [1.29, 1.82) is 0 Å². The standard InChI is InChI=1S/C19H24N2O3S2/c1-3-4-16-5-7-17(8-6-16)26(23,24)21-12-10-20(11-13-21)19(22)18-15(2)9-14-25-18/h5-9,14H,3-4,10-13H2,1-2H3. The summed E-state index contributed by atoms with van der Waals surface area (Å²) in [6.07, 6.45) is 1.98. The lowest BCUT2D eigenvalue weighted by molar-refractivity contribution is 0.0702. The van der Waals surface area contributed by atoms with Gasteiger partial charge < -0.3 is 4.90 Å². The van der Waals surface area contributed by atoms with Gasteiger partial charge in [-0.05, 0) is 48.1 Å². The van der Waals surface area contributed by atoms with E-state index in [1.54, 1.807) is 17.0 Å². The first-order chi connectivity index (χ1) is 12.4. The molecule has 1 aromatic carbocycles. The largest absolute Gasteiger partial charge is 0.335 e. The highest BCUT2D eigenvalue weighted by Gasteiger charge is 2.31. The van der Waals surface area contributed by atoms with E-state index >= 15 is 0 Å². The maximum absolute atomic E-state index is 12.8. The van der Waals surface area contributed by atoms with E-state index in [1.807, 2.05) is 30.5 Å². The molecule has 0 spiro atoms. The molecular formula is C19H24N2O3S2.